The first kappa shape index (κ1) is 96.9. The predicted octanol–water partition coefficient (Wildman–Crippen LogP) is -34.7. The molecule has 0 aliphatic heterocycles. The molecule has 0 spiro atoms. The van der Waals surface area contributed by atoms with Crippen LogP contribution in [-0.4, -0.2) is 644 Å². The molecule has 0 bridgehead atoms. The van der Waals surface area contributed by atoms with Gasteiger partial charge in [-0.3, -0.25) is 0 Å². The van der Waals surface area contributed by atoms with Gasteiger partial charge in [-0.15, -0.1) is 0 Å². The first-order valence-corrected chi connectivity index (χ1v) is 30.0. The molecule has 0 unspecified atom stereocenters. The Kier molecular flexibility index (Phi) is 47.7. The van der Waals surface area contributed by atoms with Gasteiger partial charge in [0.15, 0.2) is 0 Å². The quantitative estimate of drug-likeness (QED) is 0.0534. The molecule has 0 atom stereocenters. The van der Waals surface area contributed by atoms with Crippen molar-refractivity contribution in [1.82, 2.24) is 0 Å². The fraction of sp³-hybridized carbons (Fsp3) is 0. The van der Waals surface area contributed by atoms with E-state index in [1.807, 2.05) is 0 Å². The average Bonchev–Trinajstić information content (AvgIpc) is 3.33. The summed E-state index contributed by atoms with van der Waals surface area (Å²) in [6.07, 6.45) is -78.8. The molecule has 0 aliphatic carbocycles. The molecule has 0 nitrogen and oxygen atoms in total. The van der Waals surface area contributed by atoms with Crippen LogP contribution in [0.1, 0.15) is 0 Å². The fourth-order valence-electron chi connectivity index (χ4n) is 16.3. The Morgan fingerprint density at radius 3 is 0.242 bits per heavy atom. The van der Waals surface area contributed by atoms with Crippen LogP contribution in [0, 0.1) is 0 Å². The van der Waals surface area contributed by atoms with Crippen molar-refractivity contribution in [2.45, 2.75) is 0 Å². The molecule has 0 fully saturated rings. The minimum atomic E-state index is -2.13. The van der Waals surface area contributed by atoms with E-state index in [9.17, 15) is 0 Å². The molecule has 0 N–H and O–H groups in total. The molecule has 0 saturated heterocycles. The molecule has 91 heavy (non-hydrogen) atoms. The van der Waals surface area contributed by atoms with Crippen LogP contribution in [-0.2, 0) is 0 Å². The second kappa shape index (κ2) is 44.8. The van der Waals surface area contributed by atoms with Crippen molar-refractivity contribution >= 4 is 644 Å². The number of hydrogen-bond acceptors (Lipinski definition) is 0. The highest BCUT2D eigenvalue weighted by atomic mass is 13.5. The van der Waals surface area contributed by atoms with Crippen LogP contribution >= 0.6 is 0 Å². The average molecular weight is 984 g/mol. The molecule has 0 heterocycles. The molecular weight excluding hydrogens is 984 g/mol. The van der Waals surface area contributed by atoms with Gasteiger partial charge in [0.05, 0.1) is 0 Å². The van der Waals surface area contributed by atoms with Crippen molar-refractivity contribution in [2.24, 2.45) is 0 Å². The summed E-state index contributed by atoms with van der Waals surface area (Å²) in [5.74, 6) is 0. The fourth-order valence-corrected chi connectivity index (χ4v) is 16.3. The lowest BCUT2D eigenvalue weighted by Gasteiger charge is -2.62. The van der Waals surface area contributed by atoms with Gasteiger partial charge in [-0.2, -0.15) is 0 Å². The monoisotopic (exact) mass is 1000 g/mol. The van der Waals surface area contributed by atoms with E-state index in [-0.39, 0.29) is 0 Å². The van der Waals surface area contributed by atoms with Crippen LogP contribution < -0.4 is 0 Å². The van der Waals surface area contributed by atoms with Gasteiger partial charge in [0.25, 0.3) is 0 Å². The highest BCUT2D eigenvalue weighted by molar-refractivity contribution is 8.43. The van der Waals surface area contributed by atoms with Crippen molar-refractivity contribution in [3.63, 3.8) is 0 Å². The highest BCUT2D eigenvalue weighted by Gasteiger charge is 2.67. The summed E-state index contributed by atoms with van der Waals surface area (Å²) in [4.78, 5) is 0. The molecule has 273 valence electrons. The van der Waals surface area contributed by atoms with Crippen LogP contribution in [0.15, 0.2) is 0 Å². The number of rotatable bonds is 44. The van der Waals surface area contributed by atoms with E-state index >= 15 is 0 Å². The summed E-state index contributed by atoms with van der Waals surface area (Å²) in [6, 6.07) is 0. The highest BCUT2D eigenvalue weighted by Crippen LogP contribution is 2.29. The lowest BCUT2D eigenvalue weighted by atomic mass is 8.19. The van der Waals surface area contributed by atoms with Gasteiger partial charge in [-0.1, -0.05) is 0 Å². The lowest BCUT2D eigenvalue weighted by molar-refractivity contribution is 3.13. The van der Waals surface area contributed by atoms with E-state index in [4.69, 9.17) is 356 Å². The second-order valence-corrected chi connectivity index (χ2v) is 25.6. The lowest BCUT2D eigenvalue weighted by Crippen LogP contribution is -3.00. The second-order valence-electron chi connectivity index (χ2n) is 25.6. The van der Waals surface area contributed by atoms with Crippen LogP contribution in [0.25, 0.3) is 0 Å². The van der Waals surface area contributed by atoms with Gasteiger partial charge >= 0.3 is 0 Å². The Balaban J connectivity index is 13.8. The maximum atomic E-state index is 7.54. The minimum absolute atomic E-state index is 0.994. The molecule has 0 amide bonds. The van der Waals surface area contributed by atoms with Gasteiger partial charge in [0.1, 0.15) is 0 Å². The van der Waals surface area contributed by atoms with Gasteiger partial charge in [-0.05, 0) is 0 Å². The zero-order valence-electron chi connectivity index (χ0n) is 52.5. The van der Waals surface area contributed by atoms with Crippen LogP contribution in [0.3, 0.4) is 0 Å². The summed E-state index contributed by atoms with van der Waals surface area (Å²) in [5.41, 5.74) is 0. The van der Waals surface area contributed by atoms with Gasteiger partial charge in [0.2, 0.25) is 0 Å². The molecule has 0 aromatic heterocycles. The molecule has 0 aromatic carbocycles. The Hall–Kier alpha value is 5.91. The number of hydrogen-bond donors (Lipinski definition) is 0. The largest absolute Gasteiger partial charge is 0 e. The third kappa shape index (κ3) is 26.1. The topological polar surface area (TPSA) is 0 Å². The van der Waals surface area contributed by atoms with Gasteiger partial charge in [-0.25, -0.2) is 0 Å². The normalized spacial score (nSPS) is 9.80. The van der Waals surface area contributed by atoms with Crippen molar-refractivity contribution < 1.29 is 0 Å². The van der Waals surface area contributed by atoms with Crippen molar-refractivity contribution in [3.05, 3.63) is 0 Å². The first-order valence-electron chi connectivity index (χ1n) is 30.0. The molecular formula is B91. The van der Waals surface area contributed by atoms with E-state index in [1.54, 1.807) is 0 Å². The smallest absolute Gasteiger partial charge is 0 e. The molecule has 91 heteroatoms. The molecule has 93 radical (unpaired) electrons. The zero-order valence-corrected chi connectivity index (χ0v) is 52.5. The van der Waals surface area contributed by atoms with Gasteiger partial charge < -0.3 is 0 Å². The van der Waals surface area contributed by atoms with E-state index in [2.05, 4.69) is 0 Å². The third-order valence-electron chi connectivity index (χ3n) is 19.3. The van der Waals surface area contributed by atoms with E-state index < -0.39 is 281 Å². The zero-order chi connectivity index (χ0) is 72.1. The van der Waals surface area contributed by atoms with E-state index in [0.29, 0.717) is 0 Å². The summed E-state index contributed by atoms with van der Waals surface area (Å²) in [6.45, 7) is 0. The maximum Gasteiger partial charge on any atom is 0 e. The third-order valence-corrected chi connectivity index (χ3v) is 19.3. The SMILES string of the molecule is [B][B]B([B])B(B(B([B])[B])B([B])[B])B(B(B(B([B])[B])B([B])[B])B(B([B])[B])B([B])[B])B(B(B(B(B([B])[B])B([B])[B])B(B([B])[B])B([B])[B])B(B(B([B])[B])B([B])[B])B(B([B])[B])B([B])[B])B(B(B(B([B])[B])B([B])[B])B(B([B])[B])B([B])[B])B(B(B([B])[B])B([B])[B])B(B([B])[B])B([B])[B]. The van der Waals surface area contributed by atoms with E-state index in [0.717, 1.165) is 7.06 Å². The predicted molar refractivity (Wildman–Crippen MR) is 524 cm³/mol. The summed E-state index contributed by atoms with van der Waals surface area (Å²) in [5, 5.41) is 0. The minimum Gasteiger partial charge on any atom is 0 e. The first-order chi connectivity index (χ1) is 41.4. The Bertz CT molecular complexity index is 1460. The van der Waals surface area contributed by atoms with E-state index in [1.165, 1.54) is 0 Å². The molecule has 0 aromatic rings. The molecule has 0 aliphatic rings. The molecule has 0 saturated carbocycles. The Morgan fingerprint density at radius 1 is 0.0989 bits per heavy atom. The summed E-state index contributed by atoms with van der Waals surface area (Å²) >= 11 is 0. The Morgan fingerprint density at radius 2 is 0.165 bits per heavy atom. The van der Waals surface area contributed by atoms with Crippen LogP contribution in [0.4, 0.5) is 0 Å². The maximum absolute atomic E-state index is 7.54. The van der Waals surface area contributed by atoms with Crippen molar-refractivity contribution in [2.75, 3.05) is 0 Å². The van der Waals surface area contributed by atoms with Crippen molar-refractivity contribution in [3.8, 4) is 0 Å². The molecule has 0 rings (SSSR count). The van der Waals surface area contributed by atoms with Gasteiger partial charge in [0, 0.05) is 644 Å². The van der Waals surface area contributed by atoms with Crippen LogP contribution in [0.5, 0.6) is 0 Å². The summed E-state index contributed by atoms with van der Waals surface area (Å²) in [7, 11) is 323. The standard InChI is InChI=1S/B91/c1-47-70(46)82(71(48(2)3)49(4)5)88(83(72(50(6)7)51(8)9)73(52(10)11)53(12)13)91(89(84(74(54(14)15)55(16)17)75(56(18)19)57(20)21)85(76(58(22)23)59(24)25)77(60(26)27)61(28)29)90(86(78(62(30)31)63(32)33)79(64(34)35)65(36)37)87(80(66(38)39)67(40)41)81(68(42)43)69(44)45. The Labute approximate surface area is 637 Å². The van der Waals surface area contributed by atoms with Crippen LogP contribution in [0.2, 0.25) is 0 Å². The van der Waals surface area contributed by atoms with Crippen molar-refractivity contribution in [1.29, 1.82) is 0 Å². The summed E-state index contributed by atoms with van der Waals surface area (Å²) < 4.78 is 0.